The number of nitro groups is 1. The summed E-state index contributed by atoms with van der Waals surface area (Å²) in [5, 5.41) is 14.6. The van der Waals surface area contributed by atoms with Crippen LogP contribution in [-0.4, -0.2) is 40.0 Å². The fraction of sp³-hybridized carbons (Fsp3) is 0.250. The Hall–Kier alpha value is -3.40. The molecule has 0 aliphatic heterocycles. The van der Waals surface area contributed by atoms with Gasteiger partial charge in [-0.3, -0.25) is 14.9 Å². The van der Waals surface area contributed by atoms with Crippen molar-refractivity contribution in [3.63, 3.8) is 0 Å². The molecule has 0 bridgehead atoms. The highest BCUT2D eigenvalue weighted by atomic mass is 32.2. The second kappa shape index (κ2) is 8.95. The maximum Gasteiger partial charge on any atom is 0.338 e. The number of aromatic nitrogens is 2. The standard InChI is InChI=1S/C20H20N4O5S/c1-4-23-15-8-6-13(19(26)29-5-2)10-14(15)22-20(23)30-17-9-7-12(18(25)21-3)11-16(17)24(27)28/h6-11H,4-5H2,1-3H3,(H,21,25). The molecule has 0 radical (unpaired) electrons. The molecule has 0 unspecified atom stereocenters. The number of nitro benzene ring substituents is 1. The normalized spacial score (nSPS) is 10.8. The molecule has 0 aliphatic carbocycles. The van der Waals surface area contributed by atoms with Crippen LogP contribution in [0.25, 0.3) is 11.0 Å². The number of carbonyl (C=O) groups is 2. The molecule has 156 valence electrons. The third kappa shape index (κ3) is 4.13. The van der Waals surface area contributed by atoms with Crippen molar-refractivity contribution < 1.29 is 19.2 Å². The number of amides is 1. The topological polar surface area (TPSA) is 116 Å². The number of nitrogens with one attached hydrogen (secondary N) is 1. The number of ether oxygens (including phenoxy) is 1. The van der Waals surface area contributed by atoms with Crippen LogP contribution in [0, 0.1) is 10.1 Å². The lowest BCUT2D eigenvalue weighted by Crippen LogP contribution is -2.17. The van der Waals surface area contributed by atoms with E-state index in [4.69, 9.17) is 4.74 Å². The van der Waals surface area contributed by atoms with Gasteiger partial charge in [0, 0.05) is 25.2 Å². The predicted molar refractivity (Wildman–Crippen MR) is 112 cm³/mol. The minimum atomic E-state index is -0.521. The molecule has 1 amide bonds. The molecule has 1 aromatic heterocycles. The molecule has 0 aliphatic rings. The van der Waals surface area contributed by atoms with E-state index in [1.165, 1.54) is 25.2 Å². The van der Waals surface area contributed by atoms with Gasteiger partial charge in [0.15, 0.2) is 5.16 Å². The first kappa shape index (κ1) is 21.3. The summed E-state index contributed by atoms with van der Waals surface area (Å²) in [5.74, 6) is -0.831. The fourth-order valence-corrected chi connectivity index (χ4v) is 4.02. The zero-order valence-electron chi connectivity index (χ0n) is 16.7. The van der Waals surface area contributed by atoms with Crippen LogP contribution in [0.4, 0.5) is 5.69 Å². The number of nitrogens with zero attached hydrogens (tertiary/aromatic N) is 3. The Labute approximate surface area is 176 Å². The molecular formula is C20H20N4O5S. The molecular weight excluding hydrogens is 408 g/mol. The van der Waals surface area contributed by atoms with Crippen LogP contribution in [0.1, 0.15) is 34.6 Å². The van der Waals surface area contributed by atoms with Gasteiger partial charge in [-0.2, -0.15) is 0 Å². The highest BCUT2D eigenvalue weighted by Crippen LogP contribution is 2.36. The summed E-state index contributed by atoms with van der Waals surface area (Å²) in [6.07, 6.45) is 0. The third-order valence-corrected chi connectivity index (χ3v) is 5.45. The number of carbonyl (C=O) groups excluding carboxylic acids is 2. The molecule has 1 heterocycles. The molecule has 3 rings (SSSR count). The van der Waals surface area contributed by atoms with Crippen molar-refractivity contribution in [2.75, 3.05) is 13.7 Å². The first-order valence-electron chi connectivity index (χ1n) is 9.25. The first-order chi connectivity index (χ1) is 14.4. The van der Waals surface area contributed by atoms with Crippen molar-refractivity contribution in [3.8, 4) is 0 Å². The average Bonchev–Trinajstić information content (AvgIpc) is 3.09. The lowest BCUT2D eigenvalue weighted by Gasteiger charge is -2.07. The number of rotatable bonds is 7. The van der Waals surface area contributed by atoms with Crippen LogP contribution in [0.2, 0.25) is 0 Å². The van der Waals surface area contributed by atoms with Crippen molar-refractivity contribution >= 4 is 40.4 Å². The number of benzene rings is 2. The molecule has 0 fully saturated rings. The molecule has 9 nitrogen and oxygen atoms in total. The van der Waals surface area contributed by atoms with Crippen molar-refractivity contribution in [3.05, 3.63) is 57.6 Å². The number of imidazole rings is 1. The van der Waals surface area contributed by atoms with Crippen LogP contribution in [0.5, 0.6) is 0 Å². The average molecular weight is 428 g/mol. The number of hydrogen-bond donors (Lipinski definition) is 1. The number of aryl methyl sites for hydroxylation is 1. The van der Waals surface area contributed by atoms with Crippen LogP contribution < -0.4 is 5.32 Å². The minimum absolute atomic E-state index is 0.178. The van der Waals surface area contributed by atoms with E-state index in [0.29, 0.717) is 27.7 Å². The second-order valence-corrected chi connectivity index (χ2v) is 7.19. The first-order valence-corrected chi connectivity index (χ1v) is 10.1. The zero-order chi connectivity index (χ0) is 21.8. The molecule has 30 heavy (non-hydrogen) atoms. The van der Waals surface area contributed by atoms with Crippen molar-refractivity contribution in [1.29, 1.82) is 0 Å². The van der Waals surface area contributed by atoms with Crippen molar-refractivity contribution in [1.82, 2.24) is 14.9 Å². The lowest BCUT2D eigenvalue weighted by molar-refractivity contribution is -0.387. The molecule has 10 heteroatoms. The van der Waals surface area contributed by atoms with Crippen LogP contribution in [0.3, 0.4) is 0 Å². The Morgan fingerprint density at radius 1 is 1.20 bits per heavy atom. The molecule has 3 aromatic rings. The molecule has 2 aromatic carbocycles. The Morgan fingerprint density at radius 2 is 1.93 bits per heavy atom. The molecule has 0 spiro atoms. The monoisotopic (exact) mass is 428 g/mol. The van der Waals surface area contributed by atoms with E-state index in [-0.39, 0.29) is 17.9 Å². The van der Waals surface area contributed by atoms with Crippen LogP contribution >= 0.6 is 11.8 Å². The maximum absolute atomic E-state index is 12.0. The van der Waals surface area contributed by atoms with E-state index in [1.54, 1.807) is 25.1 Å². The van der Waals surface area contributed by atoms with Gasteiger partial charge in [-0.25, -0.2) is 9.78 Å². The number of fused-ring (bicyclic) bond motifs is 1. The van der Waals surface area contributed by atoms with Crippen LogP contribution in [0.15, 0.2) is 46.5 Å². The minimum Gasteiger partial charge on any atom is -0.462 e. The van der Waals surface area contributed by atoms with Gasteiger partial charge in [-0.05, 0) is 55.9 Å². The summed E-state index contributed by atoms with van der Waals surface area (Å²) in [7, 11) is 1.46. The highest BCUT2D eigenvalue weighted by Gasteiger charge is 2.21. The smallest absolute Gasteiger partial charge is 0.338 e. The molecule has 0 saturated heterocycles. The van der Waals surface area contributed by atoms with E-state index in [9.17, 15) is 19.7 Å². The largest absolute Gasteiger partial charge is 0.462 e. The van der Waals surface area contributed by atoms with E-state index in [2.05, 4.69) is 10.3 Å². The molecule has 0 atom stereocenters. The van der Waals surface area contributed by atoms with Gasteiger partial charge >= 0.3 is 5.97 Å². The number of esters is 1. The summed E-state index contributed by atoms with van der Waals surface area (Å²) < 4.78 is 6.94. The predicted octanol–water partition coefficient (Wildman–Crippen LogP) is 3.65. The molecule has 0 saturated carbocycles. The SMILES string of the molecule is CCOC(=O)c1ccc2c(c1)nc(Sc1ccc(C(=O)NC)cc1[N+](=O)[O-])n2CC. The van der Waals surface area contributed by atoms with Gasteiger partial charge in [-0.1, -0.05) is 0 Å². The Morgan fingerprint density at radius 3 is 2.57 bits per heavy atom. The Balaban J connectivity index is 2.03. The van der Waals surface area contributed by atoms with Gasteiger partial charge in [0.1, 0.15) is 0 Å². The summed E-state index contributed by atoms with van der Waals surface area (Å²) in [6, 6.07) is 9.42. The van der Waals surface area contributed by atoms with Crippen LogP contribution in [-0.2, 0) is 11.3 Å². The zero-order valence-corrected chi connectivity index (χ0v) is 17.5. The van der Waals surface area contributed by atoms with E-state index >= 15 is 0 Å². The maximum atomic E-state index is 12.0. The quantitative estimate of drug-likeness (QED) is 0.347. The van der Waals surface area contributed by atoms with E-state index < -0.39 is 16.8 Å². The van der Waals surface area contributed by atoms with Gasteiger partial charge in [0.05, 0.1) is 33.0 Å². The Kier molecular flexibility index (Phi) is 6.36. The number of hydrogen-bond acceptors (Lipinski definition) is 7. The highest BCUT2D eigenvalue weighted by molar-refractivity contribution is 7.99. The Bertz CT molecular complexity index is 1140. The van der Waals surface area contributed by atoms with Crippen molar-refractivity contribution in [2.24, 2.45) is 0 Å². The second-order valence-electron chi connectivity index (χ2n) is 6.18. The summed E-state index contributed by atoms with van der Waals surface area (Å²) in [5.41, 5.74) is 1.81. The van der Waals surface area contributed by atoms with E-state index in [1.807, 2.05) is 11.5 Å². The molecule has 1 N–H and O–H groups in total. The third-order valence-electron chi connectivity index (χ3n) is 4.39. The summed E-state index contributed by atoms with van der Waals surface area (Å²) >= 11 is 1.13. The van der Waals surface area contributed by atoms with Gasteiger partial charge in [-0.15, -0.1) is 0 Å². The summed E-state index contributed by atoms with van der Waals surface area (Å²) in [6.45, 7) is 4.53. The van der Waals surface area contributed by atoms with Gasteiger partial charge in [0.25, 0.3) is 11.6 Å². The summed E-state index contributed by atoms with van der Waals surface area (Å²) in [4.78, 5) is 39.8. The van der Waals surface area contributed by atoms with Crippen molar-refractivity contribution in [2.45, 2.75) is 30.4 Å². The van der Waals surface area contributed by atoms with Gasteiger partial charge < -0.3 is 14.6 Å². The fourth-order valence-electron chi connectivity index (χ4n) is 2.96. The van der Waals surface area contributed by atoms with E-state index in [0.717, 1.165) is 17.3 Å². The lowest BCUT2D eigenvalue weighted by atomic mass is 10.2. The van der Waals surface area contributed by atoms with Gasteiger partial charge in [0.2, 0.25) is 0 Å².